The zero-order chi connectivity index (χ0) is 31.7. The molecule has 3 aromatic rings. The van der Waals surface area contributed by atoms with Crippen molar-refractivity contribution in [1.82, 2.24) is 10.4 Å². The number of anilines is 1. The van der Waals surface area contributed by atoms with Crippen LogP contribution in [0.3, 0.4) is 0 Å². The number of methoxy groups -OCH3 is 1. The molecule has 0 unspecified atom stereocenters. The highest BCUT2D eigenvalue weighted by Crippen LogP contribution is 2.39. The van der Waals surface area contributed by atoms with Crippen molar-refractivity contribution in [2.24, 2.45) is 11.7 Å². The van der Waals surface area contributed by atoms with Gasteiger partial charge in [0.25, 0.3) is 5.91 Å². The Morgan fingerprint density at radius 1 is 1.16 bits per heavy atom. The van der Waals surface area contributed by atoms with Crippen molar-refractivity contribution < 1.29 is 34.5 Å². The second-order valence-corrected chi connectivity index (χ2v) is 11.7. The number of rotatable bonds is 10. The molecule has 1 saturated heterocycles. The van der Waals surface area contributed by atoms with E-state index in [1.165, 1.54) is 19.1 Å². The van der Waals surface area contributed by atoms with E-state index in [1.54, 1.807) is 12.1 Å². The summed E-state index contributed by atoms with van der Waals surface area (Å²) in [6.07, 6.45) is -2.00. The first-order chi connectivity index (χ1) is 21.0. The number of aliphatic hydroxyl groups excluding tert-OH is 3. The summed E-state index contributed by atoms with van der Waals surface area (Å²) in [5.74, 6) is -1.19. The molecule has 1 fully saturated rings. The summed E-state index contributed by atoms with van der Waals surface area (Å²) < 4.78 is 5.88. The molecule has 6 atom stereocenters. The van der Waals surface area contributed by atoms with Gasteiger partial charge in [0, 0.05) is 42.4 Å². The number of ether oxygens (including phenoxy) is 1. The molecule has 1 heterocycles. The van der Waals surface area contributed by atoms with E-state index in [1.807, 2.05) is 67.5 Å². The Kier molecular flexibility index (Phi) is 9.23. The van der Waals surface area contributed by atoms with Crippen molar-refractivity contribution in [2.45, 2.75) is 50.3 Å². The van der Waals surface area contributed by atoms with Crippen molar-refractivity contribution >= 4 is 17.5 Å². The first-order valence-corrected chi connectivity index (χ1v) is 14.6. The molecule has 11 heteroatoms. The van der Waals surface area contributed by atoms with Gasteiger partial charge in [-0.2, -0.15) is 5.06 Å². The summed E-state index contributed by atoms with van der Waals surface area (Å²) in [6, 6.07) is 17.3. The molecule has 1 aliphatic heterocycles. The lowest BCUT2D eigenvalue weighted by Gasteiger charge is -2.25. The minimum atomic E-state index is -0.968. The molecule has 11 nitrogen and oxygen atoms in total. The van der Waals surface area contributed by atoms with Crippen molar-refractivity contribution in [3.63, 3.8) is 0 Å². The zero-order valence-electron chi connectivity index (χ0n) is 25.3. The Labute approximate surface area is 256 Å². The van der Waals surface area contributed by atoms with E-state index in [0.717, 1.165) is 22.4 Å². The normalized spacial score (nSPS) is 23.7. The highest BCUT2D eigenvalue weighted by Gasteiger charge is 2.48. The van der Waals surface area contributed by atoms with Crippen LogP contribution in [-0.4, -0.2) is 84.3 Å². The monoisotopic (exact) mass is 604 g/mol. The number of nitrogens with zero attached hydrogens (tertiary/aromatic N) is 2. The summed E-state index contributed by atoms with van der Waals surface area (Å²) in [6.45, 7) is 1.24. The van der Waals surface area contributed by atoms with Crippen LogP contribution in [0.25, 0.3) is 11.1 Å². The Bertz CT molecular complexity index is 1530. The summed E-state index contributed by atoms with van der Waals surface area (Å²) in [7, 11) is 5.31. The second-order valence-electron chi connectivity index (χ2n) is 11.7. The number of hydroxylamine groups is 2. The van der Waals surface area contributed by atoms with Gasteiger partial charge in [-0.05, 0) is 48.2 Å². The molecular weight excluding hydrogens is 564 g/mol. The van der Waals surface area contributed by atoms with E-state index < -0.39 is 42.2 Å². The topological polar surface area (TPSA) is 158 Å². The van der Waals surface area contributed by atoms with Crippen molar-refractivity contribution in [1.29, 1.82) is 0 Å². The number of nitrogens with two attached hydrogens (primary N) is 1. The largest absolute Gasteiger partial charge is 0.496 e. The molecule has 0 radical (unpaired) electrons. The fourth-order valence-corrected chi connectivity index (χ4v) is 6.36. The minimum Gasteiger partial charge on any atom is -0.496 e. The third-order valence-corrected chi connectivity index (χ3v) is 8.55. The lowest BCUT2D eigenvalue weighted by molar-refractivity contribution is -0.181. The average Bonchev–Trinajstić information content (AvgIpc) is 3.54. The number of nitrogens with one attached hydrogen (secondary N) is 1. The van der Waals surface area contributed by atoms with E-state index in [4.69, 9.17) is 15.3 Å². The Hall–Kier alpha value is -4.00. The molecule has 5 rings (SSSR count). The number of amides is 2. The maximum atomic E-state index is 13.6. The Morgan fingerprint density at radius 2 is 1.91 bits per heavy atom. The number of hydrogen-bond donors (Lipinski definition) is 5. The van der Waals surface area contributed by atoms with Crippen LogP contribution >= 0.6 is 0 Å². The number of benzene rings is 3. The van der Waals surface area contributed by atoms with Gasteiger partial charge in [0.2, 0.25) is 5.91 Å². The van der Waals surface area contributed by atoms with Gasteiger partial charge < -0.3 is 36.0 Å². The Balaban J connectivity index is 1.46. The SMILES string of the molecule is COc1c(CN2O[C@@H](CO)[C@H]([C@H](C)O)[C@H]2C(N)=O)cccc1-c1cc(C(=O)N[C@@H]2Cc3ccccc3[C@@H]2O)cc(N(C)C)c1. The molecule has 0 aromatic heterocycles. The molecule has 234 valence electrons. The summed E-state index contributed by atoms with van der Waals surface area (Å²) >= 11 is 0. The maximum Gasteiger partial charge on any atom is 0.251 e. The third-order valence-electron chi connectivity index (χ3n) is 8.55. The predicted octanol–water partition coefficient (Wildman–Crippen LogP) is 1.78. The van der Waals surface area contributed by atoms with Gasteiger partial charge in [0.15, 0.2) is 0 Å². The standard InChI is InChI=1S/C33H40N4O7/c1-18(39)28-27(17-38)44-37(29(28)32(34)41)16-20-9-7-11-25(31(20)43-4)21-12-22(14-23(13-21)36(2)3)33(42)35-26-15-19-8-5-6-10-24(19)30(26)40/h5-14,18,26-30,38-40H,15-17H2,1-4H3,(H2,34,41)(H,35,42)/t18-,26+,27-,28-,29-,30-/m0/s1. The van der Waals surface area contributed by atoms with Crippen LogP contribution in [0.5, 0.6) is 5.75 Å². The van der Waals surface area contributed by atoms with E-state index in [9.17, 15) is 24.9 Å². The number of aliphatic hydroxyl groups is 3. The van der Waals surface area contributed by atoms with Gasteiger partial charge in [-0.3, -0.25) is 14.4 Å². The summed E-state index contributed by atoms with van der Waals surface area (Å²) in [5, 5.41) is 35.5. The molecule has 44 heavy (non-hydrogen) atoms. The molecule has 0 saturated carbocycles. The zero-order valence-corrected chi connectivity index (χ0v) is 25.3. The fourth-order valence-electron chi connectivity index (χ4n) is 6.36. The highest BCUT2D eigenvalue weighted by atomic mass is 16.7. The molecule has 2 aliphatic rings. The average molecular weight is 605 g/mol. The number of hydrogen-bond acceptors (Lipinski definition) is 9. The predicted molar refractivity (Wildman–Crippen MR) is 165 cm³/mol. The number of primary amides is 1. The lowest BCUT2D eigenvalue weighted by atomic mass is 9.89. The van der Waals surface area contributed by atoms with Gasteiger partial charge >= 0.3 is 0 Å². The van der Waals surface area contributed by atoms with E-state index in [2.05, 4.69) is 5.32 Å². The van der Waals surface area contributed by atoms with Crippen LogP contribution in [0.1, 0.15) is 40.1 Å². The molecule has 3 aromatic carbocycles. The van der Waals surface area contributed by atoms with Gasteiger partial charge in [-0.15, -0.1) is 0 Å². The van der Waals surface area contributed by atoms with Gasteiger partial charge in [-0.25, -0.2) is 0 Å². The number of fused-ring (bicyclic) bond motifs is 1. The Morgan fingerprint density at radius 3 is 2.55 bits per heavy atom. The fraction of sp³-hybridized carbons (Fsp3) is 0.394. The first-order valence-electron chi connectivity index (χ1n) is 14.6. The number of carbonyl (C=O) groups is 2. The first kappa shape index (κ1) is 31.4. The highest BCUT2D eigenvalue weighted by molar-refractivity contribution is 5.97. The van der Waals surface area contributed by atoms with Gasteiger partial charge in [-0.1, -0.05) is 42.5 Å². The van der Waals surface area contributed by atoms with Gasteiger partial charge in [0.1, 0.15) is 17.9 Å². The third kappa shape index (κ3) is 6.01. The van der Waals surface area contributed by atoms with Crippen molar-refractivity contribution in [3.8, 4) is 16.9 Å². The van der Waals surface area contributed by atoms with Crippen molar-refractivity contribution in [3.05, 3.63) is 82.9 Å². The van der Waals surface area contributed by atoms with E-state index in [-0.39, 0.29) is 19.1 Å². The van der Waals surface area contributed by atoms with Crippen LogP contribution in [0.4, 0.5) is 5.69 Å². The summed E-state index contributed by atoms with van der Waals surface area (Å²) in [5.41, 5.74) is 10.9. The molecule has 2 amide bonds. The van der Waals surface area contributed by atoms with Crippen LogP contribution in [-0.2, 0) is 22.6 Å². The van der Waals surface area contributed by atoms with E-state index in [0.29, 0.717) is 28.9 Å². The summed E-state index contributed by atoms with van der Waals surface area (Å²) in [4.78, 5) is 33.8. The van der Waals surface area contributed by atoms with Gasteiger partial charge in [0.05, 0.1) is 38.5 Å². The molecule has 0 spiro atoms. The molecular formula is C33H40N4O7. The quantitative estimate of drug-likeness (QED) is 0.233. The molecule has 6 N–H and O–H groups in total. The molecule has 1 aliphatic carbocycles. The smallest absolute Gasteiger partial charge is 0.251 e. The number of para-hydroxylation sites is 1. The maximum absolute atomic E-state index is 13.6. The van der Waals surface area contributed by atoms with Crippen LogP contribution in [0.15, 0.2) is 60.7 Å². The molecule has 0 bridgehead atoms. The number of carbonyl (C=O) groups excluding carboxylic acids is 2. The second kappa shape index (κ2) is 12.9. The van der Waals surface area contributed by atoms with Crippen LogP contribution in [0.2, 0.25) is 0 Å². The van der Waals surface area contributed by atoms with Crippen LogP contribution < -0.4 is 20.7 Å². The van der Waals surface area contributed by atoms with Crippen LogP contribution in [0, 0.1) is 5.92 Å². The lowest BCUT2D eigenvalue weighted by Crippen LogP contribution is -2.47. The van der Waals surface area contributed by atoms with E-state index >= 15 is 0 Å². The minimum absolute atomic E-state index is 0.0885. The van der Waals surface area contributed by atoms with Crippen molar-refractivity contribution in [2.75, 3.05) is 32.7 Å².